The number of carbonyl (C=O) groups is 2. The predicted octanol–water partition coefficient (Wildman–Crippen LogP) is 5.93. The van der Waals surface area contributed by atoms with Gasteiger partial charge in [0.2, 0.25) is 11.8 Å². The van der Waals surface area contributed by atoms with Gasteiger partial charge in [-0.05, 0) is 73.4 Å². The molecule has 0 aromatic heterocycles. The van der Waals surface area contributed by atoms with Crippen LogP contribution in [0.15, 0.2) is 83.8 Å². The highest BCUT2D eigenvalue weighted by Crippen LogP contribution is 2.26. The van der Waals surface area contributed by atoms with Crippen LogP contribution in [0.2, 0.25) is 5.02 Å². The number of nitrogens with one attached hydrogen (secondary N) is 1. The fourth-order valence-electron chi connectivity index (χ4n) is 5.11. The van der Waals surface area contributed by atoms with Crippen LogP contribution in [0.3, 0.4) is 0 Å². The Morgan fingerprint density at radius 3 is 2.20 bits per heavy atom. The van der Waals surface area contributed by atoms with Gasteiger partial charge in [-0.15, -0.1) is 0 Å². The molecule has 1 atom stereocenters. The van der Waals surface area contributed by atoms with Crippen molar-refractivity contribution >= 4 is 39.1 Å². The lowest BCUT2D eigenvalue weighted by atomic mass is 9.95. The predicted molar refractivity (Wildman–Crippen MR) is 158 cm³/mol. The third kappa shape index (κ3) is 7.86. The molecule has 1 saturated carbocycles. The van der Waals surface area contributed by atoms with E-state index in [1.165, 1.54) is 41.3 Å². The molecule has 0 spiro atoms. The van der Waals surface area contributed by atoms with Crippen molar-refractivity contribution in [2.75, 3.05) is 10.8 Å². The van der Waals surface area contributed by atoms with Crippen molar-refractivity contribution < 1.29 is 22.4 Å². The summed E-state index contributed by atoms with van der Waals surface area (Å²) < 4.78 is 42.3. The SMILES string of the molecule is CC[C@H](C(=O)NC1CCCCC1)N(Cc1ccc(F)cc1)C(=O)CN(c1ccc(Cl)cc1)S(=O)(=O)c1ccccc1. The van der Waals surface area contributed by atoms with Gasteiger partial charge in [0, 0.05) is 17.6 Å². The Kier molecular flexibility index (Phi) is 10.4. The van der Waals surface area contributed by atoms with E-state index >= 15 is 0 Å². The van der Waals surface area contributed by atoms with E-state index in [4.69, 9.17) is 11.6 Å². The van der Waals surface area contributed by atoms with Crippen molar-refractivity contribution in [3.63, 3.8) is 0 Å². The average Bonchev–Trinajstić information content (AvgIpc) is 2.98. The van der Waals surface area contributed by atoms with Gasteiger partial charge in [-0.3, -0.25) is 13.9 Å². The molecule has 1 N–H and O–H groups in total. The highest BCUT2D eigenvalue weighted by atomic mass is 35.5. The molecule has 3 aromatic rings. The molecule has 1 aliphatic rings. The monoisotopic (exact) mass is 599 g/mol. The van der Waals surface area contributed by atoms with Crippen LogP contribution in [0.4, 0.5) is 10.1 Å². The Morgan fingerprint density at radius 2 is 1.59 bits per heavy atom. The third-order valence-electron chi connectivity index (χ3n) is 7.33. The number of anilines is 1. The zero-order valence-electron chi connectivity index (χ0n) is 23.0. The number of sulfonamides is 1. The smallest absolute Gasteiger partial charge is 0.264 e. The van der Waals surface area contributed by atoms with E-state index in [9.17, 15) is 22.4 Å². The molecule has 2 amide bonds. The molecule has 0 aliphatic heterocycles. The summed E-state index contributed by atoms with van der Waals surface area (Å²) in [5, 5.41) is 3.53. The summed E-state index contributed by atoms with van der Waals surface area (Å²) in [4.78, 5) is 29.0. The minimum Gasteiger partial charge on any atom is -0.352 e. The minimum absolute atomic E-state index is 0.00947. The number of rotatable bonds is 11. The number of hydrogen-bond acceptors (Lipinski definition) is 4. The van der Waals surface area contributed by atoms with Crippen molar-refractivity contribution in [2.24, 2.45) is 0 Å². The van der Waals surface area contributed by atoms with Crippen molar-refractivity contribution in [1.29, 1.82) is 0 Å². The summed E-state index contributed by atoms with van der Waals surface area (Å²) in [5.74, 6) is -1.26. The van der Waals surface area contributed by atoms with E-state index in [-0.39, 0.29) is 29.1 Å². The molecule has 3 aromatic carbocycles. The maximum Gasteiger partial charge on any atom is 0.264 e. The largest absolute Gasteiger partial charge is 0.352 e. The van der Waals surface area contributed by atoms with Gasteiger partial charge >= 0.3 is 0 Å². The van der Waals surface area contributed by atoms with E-state index in [0.717, 1.165) is 36.4 Å². The number of hydrogen-bond donors (Lipinski definition) is 1. The number of benzene rings is 3. The number of nitrogens with zero attached hydrogens (tertiary/aromatic N) is 2. The lowest BCUT2D eigenvalue weighted by molar-refractivity contribution is -0.140. The molecule has 1 aliphatic carbocycles. The van der Waals surface area contributed by atoms with Gasteiger partial charge < -0.3 is 10.2 Å². The molecule has 1 fully saturated rings. The topological polar surface area (TPSA) is 86.8 Å². The molecule has 7 nitrogen and oxygen atoms in total. The van der Waals surface area contributed by atoms with Crippen LogP contribution in [-0.2, 0) is 26.2 Å². The summed E-state index contributed by atoms with van der Waals surface area (Å²) in [6, 6.07) is 18.9. The van der Waals surface area contributed by atoms with Crippen LogP contribution in [0.25, 0.3) is 0 Å². The van der Waals surface area contributed by atoms with Crippen LogP contribution in [0.1, 0.15) is 51.0 Å². The normalized spacial score (nSPS) is 14.7. The average molecular weight is 600 g/mol. The minimum atomic E-state index is -4.16. The number of carbonyl (C=O) groups excluding carboxylic acids is 2. The van der Waals surface area contributed by atoms with Crippen LogP contribution < -0.4 is 9.62 Å². The molecular formula is C31H35ClFN3O4S. The van der Waals surface area contributed by atoms with Crippen LogP contribution in [0.5, 0.6) is 0 Å². The maximum absolute atomic E-state index is 14.1. The Bertz CT molecular complexity index is 1410. The summed E-state index contributed by atoms with van der Waals surface area (Å²) in [5.41, 5.74) is 0.876. The molecule has 41 heavy (non-hydrogen) atoms. The third-order valence-corrected chi connectivity index (χ3v) is 9.37. The first-order valence-electron chi connectivity index (χ1n) is 13.9. The van der Waals surface area contributed by atoms with Crippen LogP contribution >= 0.6 is 11.6 Å². The first-order valence-corrected chi connectivity index (χ1v) is 15.7. The van der Waals surface area contributed by atoms with E-state index in [2.05, 4.69) is 5.32 Å². The molecule has 0 bridgehead atoms. The first-order chi connectivity index (χ1) is 19.7. The van der Waals surface area contributed by atoms with Gasteiger partial charge in [0.05, 0.1) is 10.6 Å². The molecule has 0 heterocycles. The van der Waals surface area contributed by atoms with Gasteiger partial charge in [0.15, 0.2) is 0 Å². The van der Waals surface area contributed by atoms with E-state index in [1.54, 1.807) is 42.5 Å². The molecular weight excluding hydrogens is 565 g/mol. The molecule has 4 rings (SSSR count). The molecule has 0 radical (unpaired) electrons. The fourth-order valence-corrected chi connectivity index (χ4v) is 6.67. The second-order valence-electron chi connectivity index (χ2n) is 10.2. The lowest BCUT2D eigenvalue weighted by Crippen LogP contribution is -2.54. The second-order valence-corrected chi connectivity index (χ2v) is 12.5. The van der Waals surface area contributed by atoms with Gasteiger partial charge in [0.1, 0.15) is 18.4 Å². The van der Waals surface area contributed by atoms with Crippen LogP contribution in [0, 0.1) is 5.82 Å². The van der Waals surface area contributed by atoms with Gasteiger partial charge in [-0.2, -0.15) is 0 Å². The molecule has 218 valence electrons. The fraction of sp³-hybridized carbons (Fsp3) is 0.355. The summed E-state index contributed by atoms with van der Waals surface area (Å²) in [7, 11) is -4.16. The lowest BCUT2D eigenvalue weighted by Gasteiger charge is -2.34. The van der Waals surface area contributed by atoms with E-state index in [1.807, 2.05) is 6.92 Å². The Morgan fingerprint density at radius 1 is 0.951 bits per heavy atom. The zero-order valence-corrected chi connectivity index (χ0v) is 24.6. The van der Waals surface area contributed by atoms with E-state index in [0.29, 0.717) is 17.0 Å². The molecule has 0 saturated heterocycles. The summed E-state index contributed by atoms with van der Waals surface area (Å²) in [6.07, 6.45) is 5.29. The van der Waals surface area contributed by atoms with Crippen LogP contribution in [-0.4, -0.2) is 43.8 Å². The van der Waals surface area contributed by atoms with Crippen molar-refractivity contribution in [1.82, 2.24) is 10.2 Å². The molecule has 0 unspecified atom stereocenters. The van der Waals surface area contributed by atoms with Gasteiger partial charge in [-0.1, -0.05) is 68.1 Å². The van der Waals surface area contributed by atoms with E-state index < -0.39 is 34.3 Å². The zero-order chi connectivity index (χ0) is 29.4. The standard InChI is InChI=1S/C31H35ClFN3O4S/c1-2-29(31(38)34-26-9-5-3-6-10-26)35(21-23-13-17-25(33)18-14-23)30(37)22-36(27-19-15-24(32)16-20-27)41(39,40)28-11-7-4-8-12-28/h4,7-8,11-20,26,29H,2-3,5-6,9-10,21-22H2,1H3,(H,34,38)/t29-/m1/s1. The first kappa shape index (κ1) is 30.5. The number of amides is 2. The summed E-state index contributed by atoms with van der Waals surface area (Å²) >= 11 is 6.07. The Hall–Kier alpha value is -3.43. The van der Waals surface area contributed by atoms with Crippen molar-refractivity contribution in [3.05, 3.63) is 95.3 Å². The van der Waals surface area contributed by atoms with Crippen molar-refractivity contribution in [3.8, 4) is 0 Å². The Labute approximate surface area is 246 Å². The highest BCUT2D eigenvalue weighted by molar-refractivity contribution is 7.92. The highest BCUT2D eigenvalue weighted by Gasteiger charge is 2.34. The molecule has 10 heteroatoms. The second kappa shape index (κ2) is 14.0. The quantitative estimate of drug-likeness (QED) is 0.296. The number of halogens is 2. The van der Waals surface area contributed by atoms with Crippen molar-refractivity contribution in [2.45, 2.75) is 69.0 Å². The Balaban J connectivity index is 1.68. The van der Waals surface area contributed by atoms with Gasteiger partial charge in [-0.25, -0.2) is 12.8 Å². The summed E-state index contributed by atoms with van der Waals surface area (Å²) in [6.45, 7) is 1.27. The maximum atomic E-state index is 14.1. The van der Waals surface area contributed by atoms with Gasteiger partial charge in [0.25, 0.3) is 10.0 Å².